The van der Waals surface area contributed by atoms with E-state index >= 15 is 0 Å². The van der Waals surface area contributed by atoms with Crippen LogP contribution < -0.4 is 4.74 Å². The van der Waals surface area contributed by atoms with Crippen LogP contribution in [0.3, 0.4) is 0 Å². The second-order valence-electron chi connectivity index (χ2n) is 5.98. The summed E-state index contributed by atoms with van der Waals surface area (Å²) >= 11 is 0. The molecule has 3 heteroatoms. The SMILES string of the molecule is Cc1ccc(Oc2cccc(CO)n2)c(C(C)(C)C)c1. The molecule has 2 rings (SSSR count). The van der Waals surface area contributed by atoms with Crippen LogP contribution in [0.5, 0.6) is 11.6 Å². The van der Waals surface area contributed by atoms with Crippen molar-refractivity contribution >= 4 is 0 Å². The third-order valence-electron chi connectivity index (χ3n) is 3.10. The fraction of sp³-hybridized carbons (Fsp3) is 0.353. The van der Waals surface area contributed by atoms with Gasteiger partial charge in [-0.3, -0.25) is 0 Å². The van der Waals surface area contributed by atoms with E-state index in [1.54, 1.807) is 12.1 Å². The molecule has 0 saturated heterocycles. The number of aliphatic hydroxyl groups is 1. The molecule has 0 bridgehead atoms. The molecule has 0 fully saturated rings. The van der Waals surface area contributed by atoms with Crippen LogP contribution in [-0.4, -0.2) is 10.1 Å². The van der Waals surface area contributed by atoms with Gasteiger partial charge in [0.25, 0.3) is 0 Å². The molecule has 0 saturated carbocycles. The molecule has 1 aromatic heterocycles. The lowest BCUT2D eigenvalue weighted by molar-refractivity contribution is 0.275. The number of hydrogen-bond acceptors (Lipinski definition) is 3. The van der Waals surface area contributed by atoms with Gasteiger partial charge >= 0.3 is 0 Å². The lowest BCUT2D eigenvalue weighted by atomic mass is 9.85. The first-order valence-corrected chi connectivity index (χ1v) is 6.76. The van der Waals surface area contributed by atoms with E-state index in [0.717, 1.165) is 11.3 Å². The zero-order valence-electron chi connectivity index (χ0n) is 12.5. The number of nitrogens with zero attached hydrogens (tertiary/aromatic N) is 1. The van der Waals surface area contributed by atoms with Gasteiger partial charge in [0.1, 0.15) is 5.75 Å². The number of aromatic nitrogens is 1. The van der Waals surface area contributed by atoms with E-state index < -0.39 is 0 Å². The maximum Gasteiger partial charge on any atom is 0.219 e. The third kappa shape index (κ3) is 3.36. The molecule has 0 aliphatic rings. The Morgan fingerprint density at radius 1 is 1.15 bits per heavy atom. The summed E-state index contributed by atoms with van der Waals surface area (Å²) in [5.74, 6) is 1.32. The van der Waals surface area contributed by atoms with Gasteiger partial charge in [0, 0.05) is 11.6 Å². The van der Waals surface area contributed by atoms with Crippen molar-refractivity contribution in [3.8, 4) is 11.6 Å². The monoisotopic (exact) mass is 271 g/mol. The molecule has 106 valence electrons. The van der Waals surface area contributed by atoms with E-state index in [0.29, 0.717) is 11.6 Å². The van der Waals surface area contributed by atoms with Crippen molar-refractivity contribution in [1.29, 1.82) is 0 Å². The standard InChI is InChI=1S/C17H21NO2/c1-12-8-9-15(14(10-12)17(2,3)4)20-16-7-5-6-13(11-19)18-16/h5-10,19H,11H2,1-4H3. The average molecular weight is 271 g/mol. The largest absolute Gasteiger partial charge is 0.439 e. The molecular weight excluding hydrogens is 250 g/mol. The van der Waals surface area contributed by atoms with E-state index in [4.69, 9.17) is 9.84 Å². The van der Waals surface area contributed by atoms with Crippen LogP contribution in [-0.2, 0) is 12.0 Å². The Labute approximate surface area is 120 Å². The Hall–Kier alpha value is -1.87. The summed E-state index contributed by atoms with van der Waals surface area (Å²) < 4.78 is 5.91. The van der Waals surface area contributed by atoms with Gasteiger partial charge in [0.2, 0.25) is 5.88 Å². The lowest BCUT2D eigenvalue weighted by Crippen LogP contribution is -2.13. The first kappa shape index (κ1) is 14.5. The molecular formula is C17H21NO2. The number of benzene rings is 1. The molecule has 2 aromatic rings. The molecule has 3 nitrogen and oxygen atoms in total. The van der Waals surface area contributed by atoms with Gasteiger partial charge in [-0.15, -0.1) is 0 Å². The van der Waals surface area contributed by atoms with E-state index in [2.05, 4.69) is 38.7 Å². The Balaban J connectivity index is 2.38. The summed E-state index contributed by atoms with van der Waals surface area (Å²) in [6.07, 6.45) is 0. The summed E-state index contributed by atoms with van der Waals surface area (Å²) in [7, 11) is 0. The highest BCUT2D eigenvalue weighted by Crippen LogP contribution is 2.34. The van der Waals surface area contributed by atoms with Gasteiger partial charge in [-0.2, -0.15) is 0 Å². The van der Waals surface area contributed by atoms with Crippen molar-refractivity contribution in [2.75, 3.05) is 0 Å². The molecule has 0 amide bonds. The first-order valence-electron chi connectivity index (χ1n) is 6.76. The maximum absolute atomic E-state index is 9.13. The van der Waals surface area contributed by atoms with Crippen LogP contribution >= 0.6 is 0 Å². The van der Waals surface area contributed by atoms with Crippen LogP contribution in [0.4, 0.5) is 0 Å². The second-order valence-corrected chi connectivity index (χ2v) is 5.98. The predicted octanol–water partition coefficient (Wildman–Crippen LogP) is 3.97. The van der Waals surface area contributed by atoms with Crippen molar-refractivity contribution in [3.63, 3.8) is 0 Å². The zero-order chi connectivity index (χ0) is 14.8. The van der Waals surface area contributed by atoms with Crippen LogP contribution in [0.25, 0.3) is 0 Å². The zero-order valence-corrected chi connectivity index (χ0v) is 12.5. The van der Waals surface area contributed by atoms with Gasteiger partial charge in [-0.25, -0.2) is 4.98 Å². The van der Waals surface area contributed by atoms with E-state index in [9.17, 15) is 0 Å². The molecule has 0 unspecified atom stereocenters. The van der Waals surface area contributed by atoms with Gasteiger partial charge in [-0.1, -0.05) is 44.5 Å². The fourth-order valence-electron chi connectivity index (χ4n) is 2.03. The number of hydrogen-bond donors (Lipinski definition) is 1. The fourth-order valence-corrected chi connectivity index (χ4v) is 2.03. The quantitative estimate of drug-likeness (QED) is 0.918. The van der Waals surface area contributed by atoms with Crippen molar-refractivity contribution in [3.05, 3.63) is 53.2 Å². The highest BCUT2D eigenvalue weighted by atomic mass is 16.5. The van der Waals surface area contributed by atoms with Crippen LogP contribution in [0.2, 0.25) is 0 Å². The molecule has 0 aliphatic heterocycles. The Morgan fingerprint density at radius 2 is 1.90 bits per heavy atom. The van der Waals surface area contributed by atoms with Crippen LogP contribution in [0.15, 0.2) is 36.4 Å². The van der Waals surface area contributed by atoms with Gasteiger partial charge < -0.3 is 9.84 Å². The maximum atomic E-state index is 9.13. The highest BCUT2D eigenvalue weighted by molar-refractivity contribution is 5.43. The van der Waals surface area contributed by atoms with Crippen LogP contribution in [0.1, 0.15) is 37.6 Å². The minimum Gasteiger partial charge on any atom is -0.439 e. The molecule has 1 aromatic carbocycles. The molecule has 0 atom stereocenters. The molecule has 1 N–H and O–H groups in total. The van der Waals surface area contributed by atoms with E-state index in [-0.39, 0.29) is 12.0 Å². The van der Waals surface area contributed by atoms with Crippen molar-refractivity contribution < 1.29 is 9.84 Å². The summed E-state index contributed by atoms with van der Waals surface area (Å²) in [6, 6.07) is 11.5. The number of rotatable bonds is 3. The van der Waals surface area contributed by atoms with Crippen LogP contribution in [0, 0.1) is 6.92 Å². The minimum atomic E-state index is -0.0861. The second kappa shape index (κ2) is 5.63. The topological polar surface area (TPSA) is 42.4 Å². The number of aryl methyl sites for hydroxylation is 1. The van der Waals surface area contributed by atoms with Gasteiger partial charge in [0.15, 0.2) is 0 Å². The smallest absolute Gasteiger partial charge is 0.219 e. The predicted molar refractivity (Wildman–Crippen MR) is 80.1 cm³/mol. The van der Waals surface area contributed by atoms with Crippen molar-refractivity contribution in [2.24, 2.45) is 0 Å². The number of ether oxygens (including phenoxy) is 1. The van der Waals surface area contributed by atoms with Crippen molar-refractivity contribution in [1.82, 2.24) is 4.98 Å². The molecule has 20 heavy (non-hydrogen) atoms. The minimum absolute atomic E-state index is 0.00403. The third-order valence-corrected chi connectivity index (χ3v) is 3.10. The Morgan fingerprint density at radius 3 is 2.55 bits per heavy atom. The molecule has 0 radical (unpaired) electrons. The lowest BCUT2D eigenvalue weighted by Gasteiger charge is -2.23. The normalized spacial score (nSPS) is 11.4. The van der Waals surface area contributed by atoms with E-state index in [1.165, 1.54) is 5.56 Å². The summed E-state index contributed by atoms with van der Waals surface area (Å²) in [4.78, 5) is 4.26. The highest BCUT2D eigenvalue weighted by Gasteiger charge is 2.19. The molecule has 1 heterocycles. The van der Waals surface area contributed by atoms with E-state index in [1.807, 2.05) is 18.2 Å². The molecule has 0 spiro atoms. The Bertz CT molecular complexity index is 600. The molecule has 0 aliphatic carbocycles. The van der Waals surface area contributed by atoms with Crippen molar-refractivity contribution in [2.45, 2.75) is 39.7 Å². The first-order chi connectivity index (χ1) is 9.40. The average Bonchev–Trinajstić information content (AvgIpc) is 2.40. The summed E-state index contributed by atoms with van der Waals surface area (Å²) in [5.41, 5.74) is 2.95. The van der Waals surface area contributed by atoms with Gasteiger partial charge in [-0.05, 0) is 24.5 Å². The summed E-state index contributed by atoms with van der Waals surface area (Å²) in [5, 5.41) is 9.13. The van der Waals surface area contributed by atoms with Gasteiger partial charge in [0.05, 0.1) is 12.3 Å². The number of aliphatic hydroxyl groups excluding tert-OH is 1. The number of pyridine rings is 1. The Kier molecular flexibility index (Phi) is 4.09. The summed E-state index contributed by atoms with van der Waals surface area (Å²) in [6.45, 7) is 8.46.